The molecule has 0 aromatic heterocycles. The lowest BCUT2D eigenvalue weighted by Gasteiger charge is -2.03. The Morgan fingerprint density at radius 3 is 2.64 bits per heavy atom. The third-order valence-corrected chi connectivity index (χ3v) is 1.01. The van der Waals surface area contributed by atoms with E-state index in [-0.39, 0.29) is 6.79 Å². The predicted octanol–water partition coefficient (Wildman–Crippen LogP) is 1.54. The van der Waals surface area contributed by atoms with Gasteiger partial charge in [0.25, 0.3) is 0 Å². The molecule has 0 radical (unpaired) electrons. The van der Waals surface area contributed by atoms with Crippen molar-refractivity contribution in [3.05, 3.63) is 0 Å². The number of methoxy groups -OCH3 is 1. The van der Waals surface area contributed by atoms with Crippen LogP contribution in [0, 0.1) is 0 Å². The summed E-state index contributed by atoms with van der Waals surface area (Å²) in [4.78, 5) is 10.6. The highest BCUT2D eigenvalue weighted by atomic mass is 16.8. The molecule has 0 amide bonds. The molecule has 11 heavy (non-hydrogen) atoms. The standard InChI is InChI=1S/C7H14O4/c1-3-4-5-10-7(8)11-6-9-2/h3-6H2,1-2H3. The van der Waals surface area contributed by atoms with Crippen molar-refractivity contribution in [2.24, 2.45) is 0 Å². The van der Waals surface area contributed by atoms with Gasteiger partial charge in [0.05, 0.1) is 6.61 Å². The van der Waals surface area contributed by atoms with Gasteiger partial charge in [0.15, 0.2) is 6.79 Å². The van der Waals surface area contributed by atoms with Crippen LogP contribution in [0.25, 0.3) is 0 Å². The quantitative estimate of drug-likeness (QED) is 0.349. The number of rotatable bonds is 5. The van der Waals surface area contributed by atoms with Crippen molar-refractivity contribution in [3.8, 4) is 0 Å². The van der Waals surface area contributed by atoms with Gasteiger partial charge in [0, 0.05) is 7.11 Å². The van der Waals surface area contributed by atoms with Crippen LogP contribution in [0.15, 0.2) is 0 Å². The van der Waals surface area contributed by atoms with Crippen molar-refractivity contribution in [2.45, 2.75) is 19.8 Å². The van der Waals surface area contributed by atoms with Gasteiger partial charge < -0.3 is 14.2 Å². The summed E-state index contributed by atoms with van der Waals surface area (Å²) in [5, 5.41) is 0. The minimum Gasteiger partial charge on any atom is -0.434 e. The van der Waals surface area contributed by atoms with E-state index in [1.54, 1.807) is 0 Å². The molecule has 0 fully saturated rings. The average Bonchev–Trinajstić information content (AvgIpc) is 2.01. The van der Waals surface area contributed by atoms with Crippen LogP contribution in [0.2, 0.25) is 0 Å². The van der Waals surface area contributed by atoms with E-state index < -0.39 is 6.16 Å². The minimum atomic E-state index is -0.666. The number of carbonyl (C=O) groups is 1. The molecule has 4 nitrogen and oxygen atoms in total. The molecular formula is C7H14O4. The Balaban J connectivity index is 3.09. The summed E-state index contributed by atoms with van der Waals surface area (Å²) in [5.74, 6) is 0. The van der Waals surface area contributed by atoms with Crippen molar-refractivity contribution in [1.29, 1.82) is 0 Å². The SMILES string of the molecule is CCCCOC(=O)OCOC. The van der Waals surface area contributed by atoms with Crippen LogP contribution in [-0.2, 0) is 14.2 Å². The Labute approximate surface area is 66.4 Å². The van der Waals surface area contributed by atoms with Gasteiger partial charge in [-0.25, -0.2) is 4.79 Å². The molecular weight excluding hydrogens is 148 g/mol. The number of hydrogen-bond donors (Lipinski definition) is 0. The maximum absolute atomic E-state index is 10.6. The molecule has 0 unspecified atom stereocenters. The first-order chi connectivity index (χ1) is 5.31. The molecule has 0 spiro atoms. The van der Waals surface area contributed by atoms with E-state index in [4.69, 9.17) is 0 Å². The molecule has 66 valence electrons. The monoisotopic (exact) mass is 162 g/mol. The van der Waals surface area contributed by atoms with Gasteiger partial charge in [0.2, 0.25) is 0 Å². The highest BCUT2D eigenvalue weighted by molar-refractivity contribution is 5.59. The molecule has 0 atom stereocenters. The fourth-order valence-corrected chi connectivity index (χ4v) is 0.449. The van der Waals surface area contributed by atoms with Crippen molar-refractivity contribution in [1.82, 2.24) is 0 Å². The summed E-state index contributed by atoms with van der Waals surface area (Å²) >= 11 is 0. The van der Waals surface area contributed by atoms with Crippen LogP contribution >= 0.6 is 0 Å². The first kappa shape index (κ1) is 10.2. The van der Waals surface area contributed by atoms with E-state index >= 15 is 0 Å². The van der Waals surface area contributed by atoms with E-state index in [2.05, 4.69) is 14.2 Å². The second-order valence-corrected chi connectivity index (χ2v) is 2.00. The zero-order chi connectivity index (χ0) is 8.53. The fourth-order valence-electron chi connectivity index (χ4n) is 0.449. The van der Waals surface area contributed by atoms with E-state index in [1.807, 2.05) is 6.92 Å². The summed E-state index contributed by atoms with van der Waals surface area (Å²) in [7, 11) is 1.44. The summed E-state index contributed by atoms with van der Waals surface area (Å²) < 4.78 is 13.6. The van der Waals surface area contributed by atoms with E-state index in [0.717, 1.165) is 12.8 Å². The fraction of sp³-hybridized carbons (Fsp3) is 0.857. The van der Waals surface area contributed by atoms with Crippen LogP contribution < -0.4 is 0 Å². The molecule has 0 aliphatic heterocycles. The van der Waals surface area contributed by atoms with Gasteiger partial charge in [-0.1, -0.05) is 13.3 Å². The Hall–Kier alpha value is -0.770. The number of hydrogen-bond acceptors (Lipinski definition) is 4. The van der Waals surface area contributed by atoms with Gasteiger partial charge in [0.1, 0.15) is 0 Å². The zero-order valence-corrected chi connectivity index (χ0v) is 6.96. The Morgan fingerprint density at radius 2 is 2.09 bits per heavy atom. The van der Waals surface area contributed by atoms with Gasteiger partial charge in [-0.15, -0.1) is 0 Å². The van der Waals surface area contributed by atoms with Crippen LogP contribution in [0.5, 0.6) is 0 Å². The van der Waals surface area contributed by atoms with Crippen LogP contribution in [0.4, 0.5) is 4.79 Å². The van der Waals surface area contributed by atoms with Crippen LogP contribution in [-0.4, -0.2) is 26.7 Å². The molecule has 0 saturated heterocycles. The van der Waals surface area contributed by atoms with Crippen LogP contribution in [0.3, 0.4) is 0 Å². The molecule has 0 aromatic carbocycles. The van der Waals surface area contributed by atoms with E-state index in [0.29, 0.717) is 6.61 Å². The molecule has 0 aromatic rings. The van der Waals surface area contributed by atoms with Gasteiger partial charge in [-0.3, -0.25) is 0 Å². The first-order valence-electron chi connectivity index (χ1n) is 3.59. The highest BCUT2D eigenvalue weighted by Gasteiger charge is 2.00. The topological polar surface area (TPSA) is 44.8 Å². The van der Waals surface area contributed by atoms with Crippen molar-refractivity contribution in [2.75, 3.05) is 20.5 Å². The lowest BCUT2D eigenvalue weighted by molar-refractivity contribution is -0.0263. The average molecular weight is 162 g/mol. The van der Waals surface area contributed by atoms with E-state index in [9.17, 15) is 4.79 Å². The smallest absolute Gasteiger partial charge is 0.434 e. The lowest BCUT2D eigenvalue weighted by Crippen LogP contribution is -2.09. The predicted molar refractivity (Wildman–Crippen MR) is 39.2 cm³/mol. The summed E-state index contributed by atoms with van der Waals surface area (Å²) in [6.07, 6.45) is 1.19. The Kier molecular flexibility index (Phi) is 6.82. The van der Waals surface area contributed by atoms with Crippen LogP contribution in [0.1, 0.15) is 19.8 Å². The Morgan fingerprint density at radius 1 is 1.36 bits per heavy atom. The number of ether oxygens (including phenoxy) is 3. The second kappa shape index (κ2) is 7.34. The van der Waals surface area contributed by atoms with Gasteiger partial charge in [-0.05, 0) is 6.42 Å². The minimum absolute atomic E-state index is 0.0506. The largest absolute Gasteiger partial charge is 0.510 e. The summed E-state index contributed by atoms with van der Waals surface area (Å²) in [6, 6.07) is 0. The molecule has 0 aliphatic carbocycles. The highest BCUT2D eigenvalue weighted by Crippen LogP contribution is 1.90. The molecule has 0 N–H and O–H groups in total. The van der Waals surface area contributed by atoms with Crippen molar-refractivity contribution >= 4 is 6.16 Å². The normalized spacial score (nSPS) is 9.27. The molecule has 0 bridgehead atoms. The third-order valence-electron chi connectivity index (χ3n) is 1.01. The summed E-state index contributed by atoms with van der Waals surface area (Å²) in [5.41, 5.74) is 0. The molecule has 0 aliphatic rings. The third kappa shape index (κ3) is 7.12. The molecule has 0 heterocycles. The maximum atomic E-state index is 10.6. The van der Waals surface area contributed by atoms with Crippen molar-refractivity contribution < 1.29 is 19.0 Å². The zero-order valence-electron chi connectivity index (χ0n) is 6.96. The summed E-state index contributed by atoms with van der Waals surface area (Å²) in [6.45, 7) is 2.38. The van der Waals surface area contributed by atoms with Gasteiger partial charge >= 0.3 is 6.16 Å². The van der Waals surface area contributed by atoms with Crippen molar-refractivity contribution in [3.63, 3.8) is 0 Å². The molecule has 0 saturated carbocycles. The second-order valence-electron chi connectivity index (χ2n) is 2.00. The molecule has 0 rings (SSSR count). The number of carbonyl (C=O) groups excluding carboxylic acids is 1. The number of unbranched alkanes of at least 4 members (excludes halogenated alkanes) is 1. The van der Waals surface area contributed by atoms with E-state index in [1.165, 1.54) is 7.11 Å². The molecule has 4 heteroatoms. The van der Waals surface area contributed by atoms with Gasteiger partial charge in [-0.2, -0.15) is 0 Å². The lowest BCUT2D eigenvalue weighted by atomic mass is 10.4. The Bertz CT molecular complexity index is 103. The maximum Gasteiger partial charge on any atom is 0.510 e. The first-order valence-corrected chi connectivity index (χ1v) is 3.59.